The van der Waals surface area contributed by atoms with Crippen LogP contribution < -0.4 is 21.1 Å². The van der Waals surface area contributed by atoms with Crippen molar-refractivity contribution in [1.29, 1.82) is 0 Å². The summed E-state index contributed by atoms with van der Waals surface area (Å²) in [7, 11) is 1.90. The normalized spacial score (nSPS) is 21.5. The number of rotatable bonds is 5. The van der Waals surface area contributed by atoms with E-state index in [-0.39, 0.29) is 35.5 Å². The van der Waals surface area contributed by atoms with Crippen LogP contribution in [0.3, 0.4) is 0 Å². The third-order valence-electron chi connectivity index (χ3n) is 8.19. The number of benzene rings is 1. The number of anilines is 2. The second-order valence-electron chi connectivity index (χ2n) is 11.3. The summed E-state index contributed by atoms with van der Waals surface area (Å²) in [6.45, 7) is 7.79. The molecule has 0 unspecified atom stereocenters. The molecular formula is C29H32F5N7O3. The number of hydrogen-bond acceptors (Lipinski definition) is 8. The van der Waals surface area contributed by atoms with Gasteiger partial charge in [-0.25, -0.2) is 18.7 Å². The predicted molar refractivity (Wildman–Crippen MR) is 153 cm³/mol. The second-order valence-corrected chi connectivity index (χ2v) is 11.3. The fourth-order valence-corrected chi connectivity index (χ4v) is 5.68. The molecule has 1 aromatic carbocycles. The van der Waals surface area contributed by atoms with Crippen LogP contribution in [0.5, 0.6) is 0 Å². The van der Waals surface area contributed by atoms with Gasteiger partial charge >= 0.3 is 6.18 Å². The van der Waals surface area contributed by atoms with Gasteiger partial charge < -0.3 is 20.3 Å². The zero-order chi connectivity index (χ0) is 32.1. The Hall–Kier alpha value is -4.11. The third-order valence-corrected chi connectivity index (χ3v) is 8.19. The number of halogens is 5. The first kappa shape index (κ1) is 31.3. The van der Waals surface area contributed by atoms with Crippen molar-refractivity contribution in [2.45, 2.75) is 45.1 Å². The summed E-state index contributed by atoms with van der Waals surface area (Å²) in [4.78, 5) is 39.5. The van der Waals surface area contributed by atoms with Gasteiger partial charge in [0.2, 0.25) is 5.95 Å². The molecule has 0 aliphatic carbocycles. The first-order valence-electron chi connectivity index (χ1n) is 14.0. The third kappa shape index (κ3) is 5.85. The van der Waals surface area contributed by atoms with Gasteiger partial charge in [-0.15, -0.1) is 0 Å². The molecule has 2 saturated heterocycles. The molecule has 3 atom stereocenters. The number of amides is 1. The van der Waals surface area contributed by atoms with Crippen LogP contribution in [0.25, 0.3) is 16.8 Å². The Bertz CT molecular complexity index is 1620. The molecule has 10 nitrogen and oxygen atoms in total. The lowest BCUT2D eigenvalue weighted by Crippen LogP contribution is -2.55. The summed E-state index contributed by atoms with van der Waals surface area (Å²) < 4.78 is 79.8. The van der Waals surface area contributed by atoms with Crippen LogP contribution in [-0.4, -0.2) is 83.4 Å². The first-order valence-corrected chi connectivity index (χ1v) is 14.0. The number of morpholine rings is 1. The molecule has 2 fully saturated rings. The maximum atomic E-state index is 16.7. The van der Waals surface area contributed by atoms with E-state index in [1.807, 2.05) is 32.7 Å². The average molecular weight is 622 g/mol. The smallest absolute Gasteiger partial charge is 0.375 e. The highest BCUT2D eigenvalue weighted by Crippen LogP contribution is 2.38. The van der Waals surface area contributed by atoms with Crippen molar-refractivity contribution in [2.75, 3.05) is 49.6 Å². The molecule has 2 aliphatic rings. The number of aromatic nitrogens is 3. The molecule has 0 spiro atoms. The van der Waals surface area contributed by atoms with Gasteiger partial charge in [-0.2, -0.15) is 13.2 Å². The molecule has 15 heteroatoms. The Morgan fingerprint density at radius 1 is 1.02 bits per heavy atom. The number of alkyl halides is 3. The Balaban J connectivity index is 1.71. The van der Waals surface area contributed by atoms with Crippen LogP contribution in [-0.2, 0) is 10.9 Å². The lowest BCUT2D eigenvalue weighted by molar-refractivity contribution is -0.138. The van der Waals surface area contributed by atoms with Gasteiger partial charge in [-0.3, -0.25) is 19.1 Å². The van der Waals surface area contributed by atoms with Crippen LogP contribution in [0.1, 0.15) is 36.7 Å². The molecule has 236 valence electrons. The van der Waals surface area contributed by atoms with Crippen LogP contribution in [0.4, 0.5) is 33.6 Å². The summed E-state index contributed by atoms with van der Waals surface area (Å²) >= 11 is 0. The molecule has 2 aliphatic heterocycles. The van der Waals surface area contributed by atoms with Crippen LogP contribution >= 0.6 is 0 Å². The number of carbonyl (C=O) groups excluding carboxylic acids is 1. The van der Waals surface area contributed by atoms with Crippen molar-refractivity contribution in [3.8, 4) is 16.8 Å². The molecular weight excluding hydrogens is 589 g/mol. The number of piperazine rings is 1. The summed E-state index contributed by atoms with van der Waals surface area (Å²) in [5, 5.41) is 0. The van der Waals surface area contributed by atoms with E-state index in [4.69, 9.17) is 10.5 Å². The van der Waals surface area contributed by atoms with Crippen molar-refractivity contribution in [1.82, 2.24) is 19.4 Å². The molecule has 1 amide bonds. The van der Waals surface area contributed by atoms with Crippen LogP contribution in [0.2, 0.25) is 0 Å². The average Bonchev–Trinajstić information content (AvgIpc) is 2.95. The van der Waals surface area contributed by atoms with E-state index in [1.54, 1.807) is 4.90 Å². The van der Waals surface area contributed by atoms with Gasteiger partial charge in [-0.1, -0.05) is 0 Å². The van der Waals surface area contributed by atoms with Gasteiger partial charge in [0.1, 0.15) is 11.5 Å². The fourth-order valence-electron chi connectivity index (χ4n) is 5.68. The Morgan fingerprint density at radius 3 is 2.23 bits per heavy atom. The lowest BCUT2D eigenvalue weighted by Gasteiger charge is -2.44. The molecule has 44 heavy (non-hydrogen) atoms. The Morgan fingerprint density at radius 2 is 1.66 bits per heavy atom. The van der Waals surface area contributed by atoms with E-state index in [9.17, 15) is 22.8 Å². The number of primary amides is 1. The molecule has 0 saturated carbocycles. The molecule has 0 bridgehead atoms. The number of ether oxygens (including phenoxy) is 1. The number of nitrogens with zero attached hydrogens (tertiary/aromatic N) is 6. The zero-order valence-corrected chi connectivity index (χ0v) is 24.5. The van der Waals surface area contributed by atoms with Gasteiger partial charge in [0.25, 0.3) is 11.5 Å². The van der Waals surface area contributed by atoms with Crippen molar-refractivity contribution >= 4 is 17.5 Å². The van der Waals surface area contributed by atoms with Gasteiger partial charge in [0, 0.05) is 74.5 Å². The largest absolute Gasteiger partial charge is 0.417 e. The lowest BCUT2D eigenvalue weighted by atomic mass is 10.0. The number of nitrogens with two attached hydrogens (primary N) is 1. The van der Waals surface area contributed by atoms with Gasteiger partial charge in [0.15, 0.2) is 5.82 Å². The van der Waals surface area contributed by atoms with E-state index >= 15 is 8.78 Å². The van der Waals surface area contributed by atoms with Gasteiger partial charge in [0.05, 0.1) is 35.1 Å². The van der Waals surface area contributed by atoms with E-state index in [0.29, 0.717) is 49.5 Å². The minimum Gasteiger partial charge on any atom is -0.375 e. The summed E-state index contributed by atoms with van der Waals surface area (Å²) in [5.41, 5.74) is 0.112. The maximum Gasteiger partial charge on any atom is 0.417 e. The number of likely N-dealkylation sites (N-methyl/N-ethyl adjacent to an activating group) is 1. The van der Waals surface area contributed by atoms with E-state index in [0.717, 1.165) is 6.07 Å². The highest BCUT2D eigenvalue weighted by atomic mass is 19.4. The van der Waals surface area contributed by atoms with Crippen molar-refractivity contribution < 1.29 is 31.5 Å². The molecule has 2 aromatic heterocycles. The molecule has 3 aromatic rings. The van der Waals surface area contributed by atoms with E-state index in [1.165, 1.54) is 12.4 Å². The SMILES string of the molecule is C[C@@H]1CN(c2cc(F)c(-c3cnc(N4CCO[C@@H](C)C4)nc3)c(F)c2-n2cc(C(N)=O)c(C(F)(F)F)cc2=O)C[C@H](C)N1C. The fraction of sp³-hybridized carbons (Fsp3) is 0.448. The van der Waals surface area contributed by atoms with Crippen LogP contribution in [0.15, 0.2) is 35.5 Å². The maximum absolute atomic E-state index is 16.7. The van der Waals surface area contributed by atoms with E-state index < -0.39 is 51.7 Å². The number of hydrogen-bond donors (Lipinski definition) is 1. The highest BCUT2D eigenvalue weighted by molar-refractivity contribution is 5.94. The van der Waals surface area contributed by atoms with Crippen molar-refractivity contribution in [3.05, 3.63) is 63.8 Å². The monoisotopic (exact) mass is 621 g/mol. The minimum absolute atomic E-state index is 0.0620. The second kappa shape index (κ2) is 11.8. The van der Waals surface area contributed by atoms with Crippen LogP contribution in [0, 0.1) is 11.6 Å². The molecule has 2 N–H and O–H groups in total. The zero-order valence-electron chi connectivity index (χ0n) is 24.5. The summed E-state index contributed by atoms with van der Waals surface area (Å²) in [5.74, 6) is -3.38. The number of pyridine rings is 1. The minimum atomic E-state index is -5.09. The quantitative estimate of drug-likeness (QED) is 0.432. The Kier molecular flexibility index (Phi) is 8.37. The molecule has 0 radical (unpaired) electrons. The van der Waals surface area contributed by atoms with E-state index in [2.05, 4.69) is 14.9 Å². The van der Waals surface area contributed by atoms with Crippen molar-refractivity contribution in [2.24, 2.45) is 5.73 Å². The number of carbonyl (C=O) groups is 1. The first-order chi connectivity index (χ1) is 20.7. The summed E-state index contributed by atoms with van der Waals surface area (Å²) in [6, 6.07) is 1.06. The summed E-state index contributed by atoms with van der Waals surface area (Å²) in [6.07, 6.45) is -2.13. The molecule has 5 rings (SSSR count). The molecule has 4 heterocycles. The topological polar surface area (TPSA) is 110 Å². The highest BCUT2D eigenvalue weighted by Gasteiger charge is 2.37. The predicted octanol–water partition coefficient (Wildman–Crippen LogP) is 3.44. The standard InChI is InChI=1S/C29H32F5N7O3/c1-15-11-40(12-16(2)38(15)4)22-8-21(30)24(18-9-36-28(37-10-18)39-5-6-44-17(3)13-39)25(31)26(22)41-14-19(27(35)43)20(7-23(41)42)29(32,33)34/h7-10,14-17H,5-6,11-13H2,1-4H3,(H2,35,43)/t15-,16+,17-/m0/s1. The van der Waals surface area contributed by atoms with Gasteiger partial charge in [-0.05, 0) is 27.8 Å². The van der Waals surface area contributed by atoms with Crippen molar-refractivity contribution in [3.63, 3.8) is 0 Å². The Labute approximate surface area is 249 Å².